The van der Waals surface area contributed by atoms with Crippen LogP contribution in [0.25, 0.3) is 0 Å². The van der Waals surface area contributed by atoms with E-state index in [1.54, 1.807) is 0 Å². The van der Waals surface area contributed by atoms with E-state index in [-0.39, 0.29) is 5.43 Å². The van der Waals surface area contributed by atoms with Gasteiger partial charge in [-0.25, -0.2) is 0 Å². The Hall–Kier alpha value is -1.07. The average Bonchev–Trinajstić information content (AvgIpc) is 2.59. The number of nitrogens with one attached hydrogen (secondary N) is 1. The van der Waals surface area contributed by atoms with Crippen molar-refractivity contribution in [3.05, 3.63) is 60.4 Å². The number of aryl methyl sites for hydroxylation is 1. The highest BCUT2D eigenvalue weighted by atomic mass is 79.9. The minimum absolute atomic E-state index is 0.0201. The summed E-state index contributed by atoms with van der Waals surface area (Å²) in [5.74, 6) is 0.898. The van der Waals surface area contributed by atoms with Gasteiger partial charge in [0.15, 0.2) is 0 Å². The molecule has 0 aliphatic rings. The summed E-state index contributed by atoms with van der Waals surface area (Å²) < 4.78 is 6.92. The van der Waals surface area contributed by atoms with Crippen molar-refractivity contribution in [1.29, 1.82) is 0 Å². The van der Waals surface area contributed by atoms with Crippen LogP contribution in [0.1, 0.15) is 49.6 Å². The van der Waals surface area contributed by atoms with Crippen LogP contribution >= 0.6 is 31.9 Å². The predicted octanol–water partition coefficient (Wildman–Crippen LogP) is 5.76. The fraction of sp³-hybridized carbons (Fsp3) is 0.421. The van der Waals surface area contributed by atoms with Gasteiger partial charge in [-0.1, -0.05) is 38.3 Å². The Morgan fingerprint density at radius 3 is 2.42 bits per heavy atom. The highest BCUT2D eigenvalue weighted by Crippen LogP contribution is 2.21. The van der Waals surface area contributed by atoms with Gasteiger partial charge in [0.25, 0.3) is 0 Å². The number of hydrogen-bond donors (Lipinski definition) is 1. The molecule has 1 aromatic heterocycles. The maximum absolute atomic E-state index is 12.1. The van der Waals surface area contributed by atoms with Crippen molar-refractivity contribution in [2.45, 2.75) is 46.0 Å². The van der Waals surface area contributed by atoms with E-state index >= 15 is 0 Å². The number of halogens is 2. The zero-order valence-corrected chi connectivity index (χ0v) is 17.3. The average molecular weight is 457 g/mol. The van der Waals surface area contributed by atoms with Gasteiger partial charge in [-0.2, -0.15) is 0 Å². The molecule has 1 N–H and O–H groups in total. The molecule has 130 valence electrons. The molecule has 24 heavy (non-hydrogen) atoms. The van der Waals surface area contributed by atoms with Gasteiger partial charge in [0.2, 0.25) is 5.43 Å². The first-order valence-electron chi connectivity index (χ1n) is 8.31. The second kappa shape index (κ2) is 9.42. The first-order valence-corrected chi connectivity index (χ1v) is 9.90. The molecule has 0 radical (unpaired) electrons. The van der Waals surface area contributed by atoms with E-state index in [1.807, 2.05) is 31.2 Å². The normalized spacial score (nSPS) is 10.8. The smallest absolute Gasteiger partial charge is 0.210 e. The molecule has 0 saturated heterocycles. The van der Waals surface area contributed by atoms with Crippen LogP contribution in [0.4, 0.5) is 0 Å². The molecule has 0 amide bonds. The second-order valence-corrected chi connectivity index (χ2v) is 7.50. The number of unbranched alkanes of at least 4 members (excludes halogenated alkanes) is 3. The minimum atomic E-state index is -0.0201. The lowest BCUT2D eigenvalue weighted by atomic mass is 10.1. The summed E-state index contributed by atoms with van der Waals surface area (Å²) in [6.45, 7) is 4.86. The number of H-pyrrole nitrogens is 1. The Morgan fingerprint density at radius 1 is 1.04 bits per heavy atom. The number of aromatic nitrogens is 1. The van der Waals surface area contributed by atoms with Crippen molar-refractivity contribution in [3.63, 3.8) is 0 Å². The number of rotatable bonds is 8. The largest absolute Gasteiger partial charge is 0.494 e. The highest BCUT2D eigenvalue weighted by Gasteiger charge is 2.11. The summed E-state index contributed by atoms with van der Waals surface area (Å²) >= 11 is 6.70. The van der Waals surface area contributed by atoms with Crippen LogP contribution < -0.4 is 10.2 Å². The van der Waals surface area contributed by atoms with Gasteiger partial charge >= 0.3 is 0 Å². The van der Waals surface area contributed by atoms with Crippen LogP contribution in [0, 0.1) is 6.92 Å². The van der Waals surface area contributed by atoms with E-state index < -0.39 is 0 Å². The van der Waals surface area contributed by atoms with Gasteiger partial charge in [0, 0.05) is 17.8 Å². The summed E-state index contributed by atoms with van der Waals surface area (Å²) in [5.41, 5.74) is 2.83. The van der Waals surface area contributed by atoms with E-state index in [4.69, 9.17) is 4.74 Å². The van der Waals surface area contributed by atoms with Gasteiger partial charge in [-0.05, 0) is 62.9 Å². The van der Waals surface area contributed by atoms with Crippen LogP contribution in [-0.2, 0) is 6.42 Å². The third kappa shape index (κ3) is 5.21. The lowest BCUT2D eigenvalue weighted by molar-refractivity contribution is 0.305. The molecule has 0 aliphatic carbocycles. The molecule has 3 nitrogen and oxygen atoms in total. The Kier molecular flexibility index (Phi) is 7.56. The molecule has 0 bridgehead atoms. The number of pyridine rings is 1. The Bertz CT molecular complexity index is 723. The molecule has 2 aromatic rings. The Balaban J connectivity index is 1.98. The molecule has 1 heterocycles. The third-order valence-electron chi connectivity index (χ3n) is 3.90. The zero-order valence-electron chi connectivity index (χ0n) is 14.1. The standard InChI is InChI=1S/C19H23Br2NO2/c1-3-4-5-6-11-24-15-9-7-14(8-10-15)12-16-18(21)19(23)17(20)13(2)22-16/h7-10H,3-6,11-12H2,1-2H3,(H,22,23). The van der Waals surface area contributed by atoms with Crippen molar-refractivity contribution in [3.8, 4) is 5.75 Å². The Labute approximate surface area is 160 Å². The maximum atomic E-state index is 12.1. The van der Waals surface area contributed by atoms with Crippen LogP contribution in [-0.4, -0.2) is 11.6 Å². The first-order chi connectivity index (χ1) is 11.5. The second-order valence-electron chi connectivity index (χ2n) is 5.92. The van der Waals surface area contributed by atoms with E-state index in [9.17, 15) is 4.79 Å². The molecular formula is C19H23Br2NO2. The van der Waals surface area contributed by atoms with Crippen molar-refractivity contribution in [2.24, 2.45) is 0 Å². The highest BCUT2D eigenvalue weighted by molar-refractivity contribution is 9.11. The van der Waals surface area contributed by atoms with Crippen molar-refractivity contribution < 1.29 is 4.74 Å². The summed E-state index contributed by atoms with van der Waals surface area (Å²) in [7, 11) is 0. The molecule has 0 atom stereocenters. The van der Waals surface area contributed by atoms with Gasteiger partial charge in [-0.3, -0.25) is 4.79 Å². The number of aromatic amines is 1. The first kappa shape index (κ1) is 19.3. The molecule has 1 aromatic carbocycles. The molecule has 2 rings (SSSR count). The Morgan fingerprint density at radius 2 is 1.75 bits per heavy atom. The fourth-order valence-corrected chi connectivity index (χ4v) is 3.49. The lowest BCUT2D eigenvalue weighted by Gasteiger charge is -2.10. The van der Waals surface area contributed by atoms with Crippen LogP contribution in [0.3, 0.4) is 0 Å². The summed E-state index contributed by atoms with van der Waals surface area (Å²) in [6, 6.07) is 8.08. The maximum Gasteiger partial charge on any atom is 0.210 e. The molecule has 0 saturated carbocycles. The molecule has 0 aliphatic heterocycles. The topological polar surface area (TPSA) is 42.1 Å². The van der Waals surface area contributed by atoms with Crippen molar-refractivity contribution >= 4 is 31.9 Å². The zero-order chi connectivity index (χ0) is 17.5. The van der Waals surface area contributed by atoms with Crippen molar-refractivity contribution in [2.75, 3.05) is 6.61 Å². The van der Waals surface area contributed by atoms with Crippen LogP contribution in [0.5, 0.6) is 5.75 Å². The molecule has 0 fully saturated rings. The van der Waals surface area contributed by atoms with Gasteiger partial charge in [-0.15, -0.1) is 0 Å². The van der Waals surface area contributed by atoms with Crippen molar-refractivity contribution in [1.82, 2.24) is 4.98 Å². The SMILES string of the molecule is CCCCCCOc1ccc(Cc2[nH]c(C)c(Br)c(=O)c2Br)cc1. The minimum Gasteiger partial charge on any atom is -0.494 e. The van der Waals surface area contributed by atoms with E-state index in [0.717, 1.165) is 35.7 Å². The predicted molar refractivity (Wildman–Crippen MR) is 106 cm³/mol. The number of ether oxygens (including phenoxy) is 1. The molecule has 5 heteroatoms. The summed E-state index contributed by atoms with van der Waals surface area (Å²) in [4.78, 5) is 15.4. The van der Waals surface area contributed by atoms with E-state index in [2.05, 4.69) is 43.8 Å². The fourth-order valence-electron chi connectivity index (χ4n) is 2.49. The summed E-state index contributed by atoms with van der Waals surface area (Å²) in [5, 5.41) is 0. The third-order valence-corrected chi connectivity index (χ3v) is 5.70. The van der Waals surface area contributed by atoms with Crippen LogP contribution in [0.15, 0.2) is 38.0 Å². The molecule has 0 spiro atoms. The van der Waals surface area contributed by atoms with Gasteiger partial charge < -0.3 is 9.72 Å². The molecule has 0 unspecified atom stereocenters. The number of hydrogen-bond acceptors (Lipinski definition) is 2. The van der Waals surface area contributed by atoms with Crippen LogP contribution in [0.2, 0.25) is 0 Å². The number of benzene rings is 1. The van der Waals surface area contributed by atoms with E-state index in [1.165, 1.54) is 19.3 Å². The molecular weight excluding hydrogens is 434 g/mol. The van der Waals surface area contributed by atoms with E-state index in [0.29, 0.717) is 15.4 Å². The quantitative estimate of drug-likeness (QED) is 0.513. The lowest BCUT2D eigenvalue weighted by Crippen LogP contribution is -2.11. The van der Waals surface area contributed by atoms with Gasteiger partial charge in [0.1, 0.15) is 5.75 Å². The monoisotopic (exact) mass is 455 g/mol. The summed E-state index contributed by atoms with van der Waals surface area (Å²) in [6.07, 6.45) is 5.49. The van der Waals surface area contributed by atoms with Gasteiger partial charge in [0.05, 0.1) is 15.6 Å².